The van der Waals surface area contributed by atoms with E-state index in [9.17, 15) is 0 Å². The first kappa shape index (κ1) is 14.2. The maximum atomic E-state index is 8.90. The molecular formula is C14H9BrCl2N2. The van der Waals surface area contributed by atoms with E-state index in [2.05, 4.69) is 27.3 Å². The van der Waals surface area contributed by atoms with Crippen LogP contribution in [0.3, 0.4) is 0 Å². The van der Waals surface area contributed by atoms with Gasteiger partial charge in [0.25, 0.3) is 0 Å². The van der Waals surface area contributed by atoms with Gasteiger partial charge in [-0.05, 0) is 58.7 Å². The standard InChI is InChI=1S/C14H9BrCl2N2/c1-8-6-10(3-2-9(8)7-18)19-12-5-4-11(15)13(16)14(12)17/h2-6,19H,1H3. The van der Waals surface area contributed by atoms with Crippen LogP contribution >= 0.6 is 39.1 Å². The van der Waals surface area contributed by atoms with E-state index in [-0.39, 0.29) is 0 Å². The molecule has 0 aromatic heterocycles. The minimum Gasteiger partial charge on any atom is -0.354 e. The lowest BCUT2D eigenvalue weighted by molar-refractivity contribution is 1.38. The summed E-state index contributed by atoms with van der Waals surface area (Å²) in [6, 6.07) is 11.3. The lowest BCUT2D eigenvalue weighted by atomic mass is 10.1. The number of benzene rings is 2. The minimum absolute atomic E-state index is 0.457. The number of rotatable bonds is 2. The molecule has 0 saturated carbocycles. The van der Waals surface area contributed by atoms with E-state index in [1.165, 1.54) is 0 Å². The van der Waals surface area contributed by atoms with Crippen LogP contribution < -0.4 is 5.32 Å². The Hall–Kier alpha value is -1.21. The summed E-state index contributed by atoms with van der Waals surface area (Å²) in [6.45, 7) is 1.89. The second kappa shape index (κ2) is 5.83. The van der Waals surface area contributed by atoms with E-state index in [4.69, 9.17) is 28.5 Å². The number of aryl methyl sites for hydroxylation is 1. The van der Waals surface area contributed by atoms with Gasteiger partial charge in [-0.15, -0.1) is 0 Å². The molecule has 0 aliphatic heterocycles. The van der Waals surface area contributed by atoms with Gasteiger partial charge in [-0.25, -0.2) is 0 Å². The van der Waals surface area contributed by atoms with Crippen molar-refractivity contribution >= 4 is 50.5 Å². The van der Waals surface area contributed by atoms with Gasteiger partial charge in [0, 0.05) is 10.2 Å². The van der Waals surface area contributed by atoms with Crippen molar-refractivity contribution in [3.8, 4) is 6.07 Å². The Kier molecular flexibility index (Phi) is 4.36. The molecule has 0 amide bonds. The first-order chi connectivity index (χ1) is 9.02. The van der Waals surface area contributed by atoms with Crippen LogP contribution in [0.15, 0.2) is 34.8 Å². The molecule has 0 bridgehead atoms. The van der Waals surface area contributed by atoms with Crippen LogP contribution in [0.1, 0.15) is 11.1 Å². The van der Waals surface area contributed by atoms with Crippen LogP contribution in [-0.2, 0) is 0 Å². The van der Waals surface area contributed by atoms with Crippen molar-refractivity contribution in [2.24, 2.45) is 0 Å². The fourth-order valence-corrected chi connectivity index (χ4v) is 2.47. The van der Waals surface area contributed by atoms with Crippen molar-refractivity contribution in [2.75, 3.05) is 5.32 Å². The highest BCUT2D eigenvalue weighted by molar-refractivity contribution is 9.10. The predicted molar refractivity (Wildman–Crippen MR) is 83.3 cm³/mol. The largest absolute Gasteiger partial charge is 0.354 e. The Labute approximate surface area is 130 Å². The van der Waals surface area contributed by atoms with E-state index in [0.717, 1.165) is 21.4 Å². The zero-order chi connectivity index (χ0) is 14.0. The summed E-state index contributed by atoms with van der Waals surface area (Å²) in [5, 5.41) is 13.0. The molecule has 2 nitrogen and oxygen atoms in total. The van der Waals surface area contributed by atoms with Gasteiger partial charge in [-0.1, -0.05) is 23.2 Å². The van der Waals surface area contributed by atoms with Crippen LogP contribution in [0.5, 0.6) is 0 Å². The van der Waals surface area contributed by atoms with E-state index < -0.39 is 0 Å². The van der Waals surface area contributed by atoms with Gasteiger partial charge >= 0.3 is 0 Å². The first-order valence-corrected chi connectivity index (χ1v) is 6.99. The average Bonchev–Trinajstić information content (AvgIpc) is 2.40. The number of hydrogen-bond donors (Lipinski definition) is 1. The summed E-state index contributed by atoms with van der Waals surface area (Å²) < 4.78 is 0.751. The molecule has 0 atom stereocenters. The molecule has 0 saturated heterocycles. The van der Waals surface area contributed by atoms with Crippen molar-refractivity contribution < 1.29 is 0 Å². The molecule has 2 aromatic carbocycles. The topological polar surface area (TPSA) is 35.8 Å². The second-order valence-corrected chi connectivity index (χ2v) is 5.60. The molecule has 2 rings (SSSR count). The van der Waals surface area contributed by atoms with Crippen molar-refractivity contribution in [3.63, 3.8) is 0 Å². The van der Waals surface area contributed by atoms with Crippen molar-refractivity contribution in [1.82, 2.24) is 0 Å². The Morgan fingerprint density at radius 2 is 1.89 bits per heavy atom. The maximum absolute atomic E-state index is 8.90. The average molecular weight is 356 g/mol. The van der Waals surface area contributed by atoms with Gasteiger partial charge in [0.2, 0.25) is 0 Å². The Morgan fingerprint density at radius 3 is 2.53 bits per heavy atom. The Bertz CT molecular complexity index is 678. The molecule has 2 aromatic rings. The van der Waals surface area contributed by atoms with E-state index in [1.807, 2.05) is 31.2 Å². The van der Waals surface area contributed by atoms with E-state index >= 15 is 0 Å². The number of nitrogens with one attached hydrogen (secondary N) is 1. The van der Waals surface area contributed by atoms with Crippen LogP contribution in [0.25, 0.3) is 0 Å². The summed E-state index contributed by atoms with van der Waals surface area (Å²) in [4.78, 5) is 0. The maximum Gasteiger partial charge on any atom is 0.0994 e. The summed E-state index contributed by atoms with van der Waals surface area (Å²) >= 11 is 15.6. The molecule has 0 spiro atoms. The molecule has 1 N–H and O–H groups in total. The fourth-order valence-electron chi connectivity index (χ4n) is 1.64. The molecule has 5 heteroatoms. The number of halogens is 3. The van der Waals surface area contributed by atoms with Gasteiger partial charge in [0.05, 0.1) is 27.4 Å². The Morgan fingerprint density at radius 1 is 1.16 bits per heavy atom. The van der Waals surface area contributed by atoms with Gasteiger partial charge in [0.15, 0.2) is 0 Å². The third-order valence-electron chi connectivity index (χ3n) is 2.66. The monoisotopic (exact) mass is 354 g/mol. The molecule has 96 valence electrons. The molecule has 0 fully saturated rings. The van der Waals surface area contributed by atoms with Crippen molar-refractivity contribution in [3.05, 3.63) is 56.0 Å². The SMILES string of the molecule is Cc1cc(Nc2ccc(Br)c(Cl)c2Cl)ccc1C#N. The number of nitrogens with zero attached hydrogens (tertiary/aromatic N) is 1. The smallest absolute Gasteiger partial charge is 0.0994 e. The molecule has 0 aliphatic rings. The van der Waals surface area contributed by atoms with E-state index in [0.29, 0.717) is 15.6 Å². The van der Waals surface area contributed by atoms with Crippen LogP contribution in [-0.4, -0.2) is 0 Å². The molecule has 0 aliphatic carbocycles. The first-order valence-electron chi connectivity index (χ1n) is 5.44. The van der Waals surface area contributed by atoms with Gasteiger partial charge in [-0.3, -0.25) is 0 Å². The molecule has 0 radical (unpaired) electrons. The summed E-state index contributed by atoms with van der Waals surface area (Å²) in [5.41, 5.74) is 3.15. The third kappa shape index (κ3) is 3.03. The zero-order valence-electron chi connectivity index (χ0n) is 9.97. The van der Waals surface area contributed by atoms with Crippen molar-refractivity contribution in [2.45, 2.75) is 6.92 Å². The van der Waals surface area contributed by atoms with Crippen LogP contribution in [0.4, 0.5) is 11.4 Å². The van der Waals surface area contributed by atoms with Crippen LogP contribution in [0, 0.1) is 18.3 Å². The van der Waals surface area contributed by atoms with Gasteiger partial charge < -0.3 is 5.32 Å². The number of nitriles is 1. The highest BCUT2D eigenvalue weighted by Gasteiger charge is 2.09. The predicted octanol–water partition coefficient (Wildman–Crippen LogP) is 5.68. The lowest BCUT2D eigenvalue weighted by Gasteiger charge is -2.11. The normalized spacial score (nSPS) is 10.1. The number of hydrogen-bond acceptors (Lipinski definition) is 2. The summed E-state index contributed by atoms with van der Waals surface area (Å²) in [7, 11) is 0. The summed E-state index contributed by atoms with van der Waals surface area (Å²) in [5.74, 6) is 0. The van der Waals surface area contributed by atoms with Crippen LogP contribution in [0.2, 0.25) is 10.0 Å². The molecule has 19 heavy (non-hydrogen) atoms. The zero-order valence-corrected chi connectivity index (χ0v) is 13.1. The lowest BCUT2D eigenvalue weighted by Crippen LogP contribution is -1.93. The third-order valence-corrected chi connectivity index (χ3v) is 4.43. The second-order valence-electron chi connectivity index (χ2n) is 3.99. The highest BCUT2D eigenvalue weighted by Crippen LogP contribution is 2.37. The van der Waals surface area contributed by atoms with E-state index in [1.54, 1.807) is 6.07 Å². The van der Waals surface area contributed by atoms with Gasteiger partial charge in [0.1, 0.15) is 0 Å². The summed E-state index contributed by atoms with van der Waals surface area (Å²) in [6.07, 6.45) is 0. The molecule has 0 unspecified atom stereocenters. The van der Waals surface area contributed by atoms with Crippen molar-refractivity contribution in [1.29, 1.82) is 5.26 Å². The minimum atomic E-state index is 0.457. The highest BCUT2D eigenvalue weighted by atomic mass is 79.9. The molecular weight excluding hydrogens is 347 g/mol. The number of anilines is 2. The molecule has 0 heterocycles. The van der Waals surface area contributed by atoms with Gasteiger partial charge in [-0.2, -0.15) is 5.26 Å². The quantitative estimate of drug-likeness (QED) is 0.703. The Balaban J connectivity index is 2.35. The fraction of sp³-hybridized carbons (Fsp3) is 0.0714.